The fraction of sp³-hybridized carbons (Fsp3) is 0.556. The van der Waals surface area contributed by atoms with E-state index in [4.69, 9.17) is 0 Å². The lowest BCUT2D eigenvalue weighted by molar-refractivity contribution is -0.139. The minimum absolute atomic E-state index is 0.232. The second kappa shape index (κ2) is 6.71. The van der Waals surface area contributed by atoms with Crippen molar-refractivity contribution >= 4 is 17.0 Å². The maximum absolute atomic E-state index is 11.2. The Balaban J connectivity index is 1.78. The largest absolute Gasteiger partial charge is 0.481 e. The zero-order valence-corrected chi connectivity index (χ0v) is 13.8. The van der Waals surface area contributed by atoms with Crippen LogP contribution in [-0.2, 0) is 11.2 Å². The number of rotatable bonds is 5. The second-order valence-corrected chi connectivity index (χ2v) is 6.90. The Morgan fingerprint density at radius 1 is 1.39 bits per heavy atom. The molecule has 0 bridgehead atoms. The molecule has 5 nitrogen and oxygen atoms in total. The third-order valence-corrected chi connectivity index (χ3v) is 4.98. The van der Waals surface area contributed by atoms with Gasteiger partial charge in [-0.25, -0.2) is 4.98 Å². The summed E-state index contributed by atoms with van der Waals surface area (Å²) in [6, 6.07) is 8.52. The number of H-pyrrole nitrogens is 1. The number of benzene rings is 1. The van der Waals surface area contributed by atoms with Crippen molar-refractivity contribution in [1.82, 2.24) is 14.9 Å². The standard InChI is InChI=1S/C18H25N3O2/c1-12(2)21-8-7-13(10-18(22)23)14(11-21)9-17-19-15-5-3-4-6-16(15)20-17/h3-6,12-14H,7-11H2,1-2H3,(H,19,20)(H,22,23). The zero-order chi connectivity index (χ0) is 16.4. The molecule has 124 valence electrons. The molecule has 5 heteroatoms. The van der Waals surface area contributed by atoms with Crippen LogP contribution in [0.25, 0.3) is 11.0 Å². The summed E-state index contributed by atoms with van der Waals surface area (Å²) in [6.07, 6.45) is 2.03. The van der Waals surface area contributed by atoms with Crippen molar-refractivity contribution in [3.8, 4) is 0 Å². The van der Waals surface area contributed by atoms with Crippen LogP contribution in [0.2, 0.25) is 0 Å². The Morgan fingerprint density at radius 2 is 2.17 bits per heavy atom. The van der Waals surface area contributed by atoms with Gasteiger partial charge in [0.25, 0.3) is 0 Å². The molecule has 2 unspecified atom stereocenters. The average Bonchev–Trinajstić information content (AvgIpc) is 2.90. The van der Waals surface area contributed by atoms with Crippen molar-refractivity contribution in [3.05, 3.63) is 30.1 Å². The minimum atomic E-state index is -0.692. The molecule has 1 saturated heterocycles. The van der Waals surface area contributed by atoms with Crippen molar-refractivity contribution < 1.29 is 9.90 Å². The van der Waals surface area contributed by atoms with Crippen LogP contribution in [0.15, 0.2) is 24.3 Å². The highest BCUT2D eigenvalue weighted by molar-refractivity contribution is 5.74. The maximum atomic E-state index is 11.2. The lowest BCUT2D eigenvalue weighted by Gasteiger charge is -2.40. The van der Waals surface area contributed by atoms with E-state index in [-0.39, 0.29) is 12.3 Å². The van der Waals surface area contributed by atoms with E-state index in [1.54, 1.807) is 0 Å². The number of aromatic amines is 1. The van der Waals surface area contributed by atoms with Crippen LogP contribution in [0.1, 0.15) is 32.5 Å². The number of nitrogens with zero attached hydrogens (tertiary/aromatic N) is 2. The summed E-state index contributed by atoms with van der Waals surface area (Å²) in [5, 5.41) is 9.20. The van der Waals surface area contributed by atoms with Crippen LogP contribution in [0.4, 0.5) is 0 Å². The molecule has 3 rings (SSSR count). The molecular weight excluding hydrogens is 290 g/mol. The normalized spacial score (nSPS) is 22.7. The number of nitrogens with one attached hydrogen (secondary N) is 1. The fourth-order valence-corrected chi connectivity index (χ4v) is 3.65. The maximum Gasteiger partial charge on any atom is 0.303 e. The summed E-state index contributed by atoms with van der Waals surface area (Å²) >= 11 is 0. The number of hydrogen-bond donors (Lipinski definition) is 2. The van der Waals surface area contributed by atoms with Crippen LogP contribution in [0.5, 0.6) is 0 Å². The summed E-state index contributed by atoms with van der Waals surface area (Å²) in [5.74, 6) is 0.846. The Kier molecular flexibility index (Phi) is 4.66. The van der Waals surface area contributed by atoms with Crippen molar-refractivity contribution in [2.24, 2.45) is 11.8 Å². The molecule has 1 fully saturated rings. The van der Waals surface area contributed by atoms with Crippen molar-refractivity contribution in [1.29, 1.82) is 0 Å². The molecule has 1 aromatic heterocycles. The number of carbonyl (C=O) groups is 1. The molecule has 1 aliphatic heterocycles. The Morgan fingerprint density at radius 3 is 2.87 bits per heavy atom. The molecule has 2 N–H and O–H groups in total. The summed E-state index contributed by atoms with van der Waals surface area (Å²) in [7, 11) is 0. The van der Waals surface area contributed by atoms with E-state index in [9.17, 15) is 9.90 Å². The summed E-state index contributed by atoms with van der Waals surface area (Å²) in [5.41, 5.74) is 2.03. The van der Waals surface area contributed by atoms with Crippen LogP contribution >= 0.6 is 0 Å². The summed E-state index contributed by atoms with van der Waals surface area (Å²) in [4.78, 5) is 21.7. The van der Waals surface area contributed by atoms with E-state index in [0.717, 1.165) is 42.8 Å². The highest BCUT2D eigenvalue weighted by Crippen LogP contribution is 2.30. The number of likely N-dealkylation sites (tertiary alicyclic amines) is 1. The molecule has 2 aromatic rings. The Hall–Kier alpha value is -1.88. The molecule has 2 heterocycles. The SMILES string of the molecule is CC(C)N1CCC(CC(=O)O)C(Cc2nc3ccccc3[nH]2)C1. The topological polar surface area (TPSA) is 69.2 Å². The first kappa shape index (κ1) is 16.0. The van der Waals surface area contributed by atoms with Crippen LogP contribution in [0.3, 0.4) is 0 Å². The van der Waals surface area contributed by atoms with Gasteiger partial charge in [0.15, 0.2) is 0 Å². The van der Waals surface area contributed by atoms with Gasteiger partial charge in [-0.2, -0.15) is 0 Å². The van der Waals surface area contributed by atoms with Crippen LogP contribution in [0, 0.1) is 11.8 Å². The van der Waals surface area contributed by atoms with Gasteiger partial charge in [-0.15, -0.1) is 0 Å². The van der Waals surface area contributed by atoms with E-state index in [2.05, 4.69) is 28.7 Å². The first-order valence-corrected chi connectivity index (χ1v) is 8.42. The number of imidazole rings is 1. The Bertz CT molecular complexity index is 647. The predicted molar refractivity (Wildman–Crippen MR) is 90.4 cm³/mol. The number of aromatic nitrogens is 2. The summed E-state index contributed by atoms with van der Waals surface area (Å²) in [6.45, 7) is 6.35. The van der Waals surface area contributed by atoms with E-state index < -0.39 is 5.97 Å². The fourth-order valence-electron chi connectivity index (χ4n) is 3.65. The number of para-hydroxylation sites is 2. The lowest BCUT2D eigenvalue weighted by atomic mass is 9.80. The van der Waals surface area contributed by atoms with Crippen molar-refractivity contribution in [3.63, 3.8) is 0 Å². The number of aliphatic carboxylic acids is 1. The molecule has 1 aromatic carbocycles. The van der Waals surface area contributed by atoms with Gasteiger partial charge in [0.2, 0.25) is 0 Å². The molecule has 0 spiro atoms. The second-order valence-electron chi connectivity index (χ2n) is 6.90. The monoisotopic (exact) mass is 315 g/mol. The molecule has 0 saturated carbocycles. The quantitative estimate of drug-likeness (QED) is 0.890. The molecular formula is C18H25N3O2. The first-order chi connectivity index (χ1) is 11.0. The number of carboxylic acids is 1. The molecule has 1 aliphatic rings. The number of fused-ring (bicyclic) bond motifs is 1. The average molecular weight is 315 g/mol. The van der Waals surface area contributed by atoms with Crippen LogP contribution < -0.4 is 0 Å². The molecule has 0 radical (unpaired) electrons. The van der Waals surface area contributed by atoms with E-state index in [1.807, 2.05) is 24.3 Å². The van der Waals surface area contributed by atoms with E-state index >= 15 is 0 Å². The number of piperidine rings is 1. The predicted octanol–water partition coefficient (Wildman–Crippen LogP) is 2.93. The van der Waals surface area contributed by atoms with Gasteiger partial charge in [-0.1, -0.05) is 12.1 Å². The number of hydrogen-bond acceptors (Lipinski definition) is 3. The van der Waals surface area contributed by atoms with Gasteiger partial charge >= 0.3 is 5.97 Å². The highest BCUT2D eigenvalue weighted by Gasteiger charge is 2.32. The molecule has 0 amide bonds. The molecule has 2 atom stereocenters. The van der Waals surface area contributed by atoms with Crippen molar-refractivity contribution in [2.75, 3.05) is 13.1 Å². The number of carboxylic acid groups (broad SMARTS) is 1. The lowest BCUT2D eigenvalue weighted by Crippen LogP contribution is -2.45. The third-order valence-electron chi connectivity index (χ3n) is 4.98. The molecule has 0 aliphatic carbocycles. The van der Waals surface area contributed by atoms with Gasteiger partial charge in [-0.3, -0.25) is 4.79 Å². The minimum Gasteiger partial charge on any atom is -0.481 e. The van der Waals surface area contributed by atoms with E-state index in [1.165, 1.54) is 0 Å². The van der Waals surface area contributed by atoms with Gasteiger partial charge in [0.05, 0.1) is 11.0 Å². The zero-order valence-electron chi connectivity index (χ0n) is 13.8. The summed E-state index contributed by atoms with van der Waals surface area (Å²) < 4.78 is 0. The van der Waals surface area contributed by atoms with Gasteiger partial charge in [-0.05, 0) is 50.8 Å². The van der Waals surface area contributed by atoms with Crippen LogP contribution in [-0.4, -0.2) is 45.1 Å². The van der Waals surface area contributed by atoms with Gasteiger partial charge in [0.1, 0.15) is 5.82 Å². The first-order valence-electron chi connectivity index (χ1n) is 8.42. The van der Waals surface area contributed by atoms with Gasteiger partial charge < -0.3 is 15.0 Å². The highest BCUT2D eigenvalue weighted by atomic mass is 16.4. The van der Waals surface area contributed by atoms with Gasteiger partial charge in [0, 0.05) is 25.4 Å². The Labute approximate surface area is 136 Å². The van der Waals surface area contributed by atoms with E-state index in [0.29, 0.717) is 12.0 Å². The third kappa shape index (κ3) is 3.72. The molecule has 23 heavy (non-hydrogen) atoms. The smallest absolute Gasteiger partial charge is 0.303 e. The van der Waals surface area contributed by atoms with Crippen molar-refractivity contribution in [2.45, 2.75) is 39.2 Å².